The van der Waals surface area contributed by atoms with Crippen LogP contribution in [0.1, 0.15) is 16.1 Å². The molecule has 0 amide bonds. The van der Waals surface area contributed by atoms with E-state index in [2.05, 4.69) is 9.80 Å². The first-order valence-electron chi connectivity index (χ1n) is 6.62. The quantitative estimate of drug-likeness (QED) is 0.907. The second-order valence-electron chi connectivity index (χ2n) is 5.01. The van der Waals surface area contributed by atoms with Crippen molar-refractivity contribution in [2.24, 2.45) is 0 Å². The molecule has 3 rings (SSSR count). The molecule has 1 N–H and O–H groups in total. The third-order valence-electron chi connectivity index (χ3n) is 3.89. The van der Waals surface area contributed by atoms with Crippen LogP contribution in [0.25, 0.3) is 0 Å². The highest BCUT2D eigenvalue weighted by molar-refractivity contribution is 7.12. The maximum atomic E-state index is 10.9. The van der Waals surface area contributed by atoms with E-state index in [9.17, 15) is 4.79 Å². The summed E-state index contributed by atoms with van der Waals surface area (Å²) in [4.78, 5) is 16.1. The van der Waals surface area contributed by atoms with Crippen LogP contribution in [0.3, 0.4) is 0 Å². The Morgan fingerprint density at radius 2 is 2.16 bits per heavy atom. The average Bonchev–Trinajstić information content (AvgIpc) is 3.09. The normalized spacial score (nSPS) is 24.8. The molecule has 2 saturated heterocycles. The number of carboxylic acids is 1. The van der Waals surface area contributed by atoms with Gasteiger partial charge in [0.1, 0.15) is 4.88 Å². The summed E-state index contributed by atoms with van der Waals surface area (Å²) in [5, 5.41) is 10.9. The molecule has 1 atom stereocenters. The standard InChI is InChI=1S/C13H18N2O3S/c16-13(17)12-7-11(9-19-12)15-2-1-10(8-15)14-3-5-18-6-4-14/h7,9-10H,1-6,8H2,(H,16,17). The van der Waals surface area contributed by atoms with E-state index in [0.29, 0.717) is 10.9 Å². The van der Waals surface area contributed by atoms with Crippen LogP contribution in [0, 0.1) is 0 Å². The van der Waals surface area contributed by atoms with Crippen molar-refractivity contribution in [1.29, 1.82) is 0 Å². The predicted molar refractivity (Wildman–Crippen MR) is 74.3 cm³/mol. The number of anilines is 1. The van der Waals surface area contributed by atoms with E-state index in [1.54, 1.807) is 6.07 Å². The molecule has 0 aliphatic carbocycles. The molecular weight excluding hydrogens is 264 g/mol. The Kier molecular flexibility index (Phi) is 3.72. The molecule has 2 fully saturated rings. The molecule has 0 aromatic carbocycles. The molecule has 5 nitrogen and oxygen atoms in total. The van der Waals surface area contributed by atoms with Gasteiger partial charge in [-0.1, -0.05) is 0 Å². The van der Waals surface area contributed by atoms with Crippen molar-refractivity contribution in [1.82, 2.24) is 4.90 Å². The zero-order valence-electron chi connectivity index (χ0n) is 10.7. The highest BCUT2D eigenvalue weighted by Crippen LogP contribution is 2.28. The first-order valence-corrected chi connectivity index (χ1v) is 7.50. The number of thiophene rings is 1. The Morgan fingerprint density at radius 3 is 2.84 bits per heavy atom. The van der Waals surface area contributed by atoms with Gasteiger partial charge in [-0.2, -0.15) is 0 Å². The van der Waals surface area contributed by atoms with Crippen molar-refractivity contribution in [3.63, 3.8) is 0 Å². The number of hydrogen-bond donors (Lipinski definition) is 1. The SMILES string of the molecule is O=C(O)c1cc(N2CCC(N3CCOCC3)C2)cs1. The lowest BCUT2D eigenvalue weighted by atomic mass is 10.2. The van der Waals surface area contributed by atoms with Gasteiger partial charge >= 0.3 is 5.97 Å². The van der Waals surface area contributed by atoms with Crippen LogP contribution >= 0.6 is 11.3 Å². The van der Waals surface area contributed by atoms with Gasteiger partial charge in [0.2, 0.25) is 0 Å². The lowest BCUT2D eigenvalue weighted by Crippen LogP contribution is -2.44. The van der Waals surface area contributed by atoms with Gasteiger partial charge in [0.25, 0.3) is 0 Å². The van der Waals surface area contributed by atoms with Crippen molar-refractivity contribution in [2.45, 2.75) is 12.5 Å². The monoisotopic (exact) mass is 282 g/mol. The van der Waals surface area contributed by atoms with Crippen LogP contribution in [0.4, 0.5) is 5.69 Å². The predicted octanol–water partition coefficient (Wildman–Crippen LogP) is 1.36. The van der Waals surface area contributed by atoms with E-state index in [-0.39, 0.29) is 0 Å². The van der Waals surface area contributed by atoms with Crippen LogP contribution in [-0.2, 0) is 4.74 Å². The lowest BCUT2D eigenvalue weighted by molar-refractivity contribution is 0.0209. The lowest BCUT2D eigenvalue weighted by Gasteiger charge is -2.32. The van der Waals surface area contributed by atoms with E-state index in [1.807, 2.05) is 5.38 Å². The maximum Gasteiger partial charge on any atom is 0.345 e. The molecule has 1 aromatic heterocycles. The zero-order valence-corrected chi connectivity index (χ0v) is 11.6. The van der Waals surface area contributed by atoms with Crippen molar-refractivity contribution >= 4 is 23.0 Å². The maximum absolute atomic E-state index is 10.9. The number of ether oxygens (including phenoxy) is 1. The summed E-state index contributed by atoms with van der Waals surface area (Å²) >= 11 is 1.31. The molecule has 0 bridgehead atoms. The number of morpholine rings is 1. The highest BCUT2D eigenvalue weighted by atomic mass is 32.1. The number of rotatable bonds is 3. The van der Waals surface area contributed by atoms with E-state index in [1.165, 1.54) is 11.3 Å². The summed E-state index contributed by atoms with van der Waals surface area (Å²) in [5.74, 6) is -0.833. The fourth-order valence-corrected chi connectivity index (χ4v) is 3.58. The smallest absolute Gasteiger partial charge is 0.345 e. The van der Waals surface area contributed by atoms with Gasteiger partial charge in [-0.05, 0) is 12.5 Å². The van der Waals surface area contributed by atoms with Crippen molar-refractivity contribution in [3.8, 4) is 0 Å². The first-order chi connectivity index (χ1) is 9.24. The molecule has 2 aliphatic heterocycles. The fraction of sp³-hybridized carbons (Fsp3) is 0.615. The van der Waals surface area contributed by atoms with E-state index >= 15 is 0 Å². The largest absolute Gasteiger partial charge is 0.477 e. The highest BCUT2D eigenvalue weighted by Gasteiger charge is 2.29. The van der Waals surface area contributed by atoms with Crippen LogP contribution < -0.4 is 4.90 Å². The molecule has 104 valence electrons. The third-order valence-corrected chi connectivity index (χ3v) is 4.79. The van der Waals surface area contributed by atoms with Crippen molar-refractivity contribution in [2.75, 3.05) is 44.3 Å². The van der Waals surface area contributed by atoms with Crippen LogP contribution in [0.2, 0.25) is 0 Å². The first kappa shape index (κ1) is 12.9. The van der Waals surface area contributed by atoms with E-state index in [0.717, 1.165) is 51.5 Å². The minimum Gasteiger partial charge on any atom is -0.477 e. The van der Waals surface area contributed by atoms with Gasteiger partial charge in [-0.15, -0.1) is 11.3 Å². The number of aromatic carboxylic acids is 1. The topological polar surface area (TPSA) is 53.0 Å². The molecule has 19 heavy (non-hydrogen) atoms. The summed E-state index contributed by atoms with van der Waals surface area (Å²) < 4.78 is 5.38. The van der Waals surface area contributed by atoms with Gasteiger partial charge in [0, 0.05) is 43.3 Å². The fourth-order valence-electron chi connectivity index (χ4n) is 2.82. The Labute approximate surface area is 116 Å². The number of hydrogen-bond acceptors (Lipinski definition) is 5. The molecule has 0 spiro atoms. The van der Waals surface area contributed by atoms with Gasteiger partial charge in [-0.25, -0.2) is 4.79 Å². The third kappa shape index (κ3) is 2.75. The second-order valence-corrected chi connectivity index (χ2v) is 5.92. The van der Waals surface area contributed by atoms with Gasteiger partial charge in [-0.3, -0.25) is 4.90 Å². The van der Waals surface area contributed by atoms with Crippen molar-refractivity contribution < 1.29 is 14.6 Å². The summed E-state index contributed by atoms with van der Waals surface area (Å²) in [6, 6.07) is 2.37. The summed E-state index contributed by atoms with van der Waals surface area (Å²) in [6.07, 6.45) is 1.15. The summed E-state index contributed by atoms with van der Waals surface area (Å²) in [6.45, 7) is 5.70. The zero-order chi connectivity index (χ0) is 13.2. The van der Waals surface area contributed by atoms with Crippen LogP contribution in [0.15, 0.2) is 11.4 Å². The van der Waals surface area contributed by atoms with Crippen molar-refractivity contribution in [3.05, 3.63) is 16.3 Å². The number of carboxylic acid groups (broad SMARTS) is 1. The number of carbonyl (C=O) groups is 1. The molecule has 1 unspecified atom stereocenters. The van der Waals surface area contributed by atoms with Gasteiger partial charge in [0.15, 0.2) is 0 Å². The minimum atomic E-state index is -0.833. The Hall–Kier alpha value is -1.11. The van der Waals surface area contributed by atoms with Crippen LogP contribution in [0.5, 0.6) is 0 Å². The molecule has 6 heteroatoms. The summed E-state index contributed by atoms with van der Waals surface area (Å²) in [7, 11) is 0. The van der Waals surface area contributed by atoms with Gasteiger partial charge in [0.05, 0.1) is 13.2 Å². The second kappa shape index (κ2) is 5.48. The Balaban J connectivity index is 1.62. The van der Waals surface area contributed by atoms with Gasteiger partial charge < -0.3 is 14.7 Å². The summed E-state index contributed by atoms with van der Waals surface area (Å²) in [5.41, 5.74) is 1.05. The van der Waals surface area contributed by atoms with E-state index in [4.69, 9.17) is 9.84 Å². The number of nitrogens with zero attached hydrogens (tertiary/aromatic N) is 2. The minimum absolute atomic E-state index is 0.421. The van der Waals surface area contributed by atoms with E-state index < -0.39 is 5.97 Å². The van der Waals surface area contributed by atoms with Crippen LogP contribution in [-0.4, -0.2) is 61.4 Å². The Bertz CT molecular complexity index is 456. The Morgan fingerprint density at radius 1 is 1.37 bits per heavy atom. The molecule has 0 radical (unpaired) electrons. The molecule has 1 aromatic rings. The molecule has 3 heterocycles. The average molecular weight is 282 g/mol. The molecular formula is C13H18N2O3S. The molecule has 0 saturated carbocycles. The molecule has 2 aliphatic rings.